The molecule has 0 atom stereocenters. The number of amides is 1. The molecule has 2 heterocycles. The molecule has 0 radical (unpaired) electrons. The van der Waals surface area contributed by atoms with Crippen molar-refractivity contribution in [3.8, 4) is 0 Å². The molecule has 1 aromatic carbocycles. The number of hydrogen-bond acceptors (Lipinski definition) is 2. The van der Waals surface area contributed by atoms with Gasteiger partial charge in [-0.2, -0.15) is 0 Å². The molecular weight excluding hydrogens is 286 g/mol. The van der Waals surface area contributed by atoms with Crippen molar-refractivity contribution in [3.05, 3.63) is 29.6 Å². The van der Waals surface area contributed by atoms with Crippen molar-refractivity contribution in [2.45, 2.75) is 46.0 Å². The van der Waals surface area contributed by atoms with Crippen LogP contribution >= 0.6 is 0 Å². The van der Waals surface area contributed by atoms with E-state index in [4.69, 9.17) is 4.98 Å². The molecule has 0 N–H and O–H groups in total. The number of carbonyl (C=O) groups excluding carboxylic acids is 1. The summed E-state index contributed by atoms with van der Waals surface area (Å²) in [5.41, 5.74) is 3.19. The third-order valence-corrected chi connectivity index (χ3v) is 4.99. The number of fused-ring (bicyclic) bond motifs is 1. The summed E-state index contributed by atoms with van der Waals surface area (Å²) in [6, 6.07) is 6.24. The van der Waals surface area contributed by atoms with E-state index in [1.165, 1.54) is 0 Å². The number of aryl methyl sites for hydroxylation is 1. The molecule has 3 rings (SSSR count). The quantitative estimate of drug-likeness (QED) is 0.870. The van der Waals surface area contributed by atoms with Crippen LogP contribution in [0.4, 0.5) is 0 Å². The Bertz CT molecular complexity index is 709. The molecule has 0 saturated carbocycles. The van der Waals surface area contributed by atoms with E-state index >= 15 is 0 Å². The van der Waals surface area contributed by atoms with Gasteiger partial charge in [0.05, 0.1) is 17.5 Å². The zero-order valence-electron chi connectivity index (χ0n) is 14.7. The summed E-state index contributed by atoms with van der Waals surface area (Å²) in [4.78, 5) is 19.2. The first kappa shape index (κ1) is 16.0. The molecule has 0 spiro atoms. The number of benzene rings is 1. The molecule has 1 amide bonds. The zero-order chi connectivity index (χ0) is 16.6. The smallest absolute Gasteiger partial charge is 0.226 e. The lowest BCUT2D eigenvalue weighted by Gasteiger charge is -2.30. The van der Waals surface area contributed by atoms with Gasteiger partial charge in [-0.05, 0) is 36.5 Å². The Balaban J connectivity index is 1.77. The van der Waals surface area contributed by atoms with Gasteiger partial charge >= 0.3 is 0 Å². The van der Waals surface area contributed by atoms with Crippen molar-refractivity contribution in [2.24, 2.45) is 13.0 Å². The molecular formula is C19H27N3O. The predicted molar refractivity (Wildman–Crippen MR) is 93.5 cm³/mol. The number of carbonyl (C=O) groups is 1. The van der Waals surface area contributed by atoms with E-state index in [1.807, 2.05) is 4.90 Å². The molecule has 4 heteroatoms. The second-order valence-corrected chi connectivity index (χ2v) is 7.25. The van der Waals surface area contributed by atoms with E-state index in [0.29, 0.717) is 12.3 Å². The first-order valence-electron chi connectivity index (χ1n) is 8.68. The molecule has 124 valence electrons. The van der Waals surface area contributed by atoms with Gasteiger partial charge in [-0.1, -0.05) is 26.8 Å². The highest BCUT2D eigenvalue weighted by Gasteiger charge is 2.20. The van der Waals surface area contributed by atoms with Crippen molar-refractivity contribution < 1.29 is 4.79 Å². The van der Waals surface area contributed by atoms with Crippen molar-refractivity contribution >= 4 is 16.9 Å². The first-order valence-corrected chi connectivity index (χ1v) is 8.68. The molecule has 1 aromatic heterocycles. The Morgan fingerprint density at radius 2 is 2.00 bits per heavy atom. The predicted octanol–water partition coefficient (Wildman–Crippen LogP) is 3.50. The van der Waals surface area contributed by atoms with Crippen LogP contribution in [0.25, 0.3) is 11.0 Å². The minimum atomic E-state index is 0.247. The standard InChI is InChI=1S/C19H27N3O/c1-13(2)19-20-16-11-15(5-6-17(16)21(19)4)12-18(23)22-9-7-14(3)8-10-22/h5-6,11,13-14H,7-10,12H2,1-4H3. The number of piperidine rings is 1. The molecule has 4 nitrogen and oxygen atoms in total. The first-order chi connectivity index (χ1) is 11.0. The summed E-state index contributed by atoms with van der Waals surface area (Å²) in [6.45, 7) is 8.39. The second kappa shape index (κ2) is 6.34. The maximum Gasteiger partial charge on any atom is 0.226 e. The third kappa shape index (κ3) is 3.26. The van der Waals surface area contributed by atoms with Gasteiger partial charge in [0, 0.05) is 26.1 Å². The molecule has 1 saturated heterocycles. The van der Waals surface area contributed by atoms with Gasteiger partial charge in [0.2, 0.25) is 5.91 Å². The number of aromatic nitrogens is 2. The van der Waals surface area contributed by atoms with Crippen LogP contribution in [0.15, 0.2) is 18.2 Å². The van der Waals surface area contributed by atoms with Crippen molar-refractivity contribution in [1.82, 2.24) is 14.5 Å². The van der Waals surface area contributed by atoms with Crippen LogP contribution in [0.2, 0.25) is 0 Å². The minimum Gasteiger partial charge on any atom is -0.342 e. The zero-order valence-corrected chi connectivity index (χ0v) is 14.7. The Hall–Kier alpha value is -1.84. The largest absolute Gasteiger partial charge is 0.342 e. The Morgan fingerprint density at radius 1 is 1.30 bits per heavy atom. The highest BCUT2D eigenvalue weighted by atomic mass is 16.2. The number of hydrogen-bond donors (Lipinski definition) is 0. The average molecular weight is 313 g/mol. The lowest BCUT2D eigenvalue weighted by atomic mass is 9.98. The maximum absolute atomic E-state index is 12.5. The fraction of sp³-hybridized carbons (Fsp3) is 0.579. The van der Waals surface area contributed by atoms with Gasteiger partial charge in [-0.15, -0.1) is 0 Å². The van der Waals surface area contributed by atoms with Crippen molar-refractivity contribution in [3.63, 3.8) is 0 Å². The van der Waals surface area contributed by atoms with Crippen LogP contribution in [0.1, 0.15) is 50.9 Å². The highest BCUT2D eigenvalue weighted by molar-refractivity contribution is 5.82. The van der Waals surface area contributed by atoms with E-state index in [0.717, 1.165) is 54.3 Å². The molecule has 0 aliphatic carbocycles. The van der Waals surface area contributed by atoms with Gasteiger partial charge in [0.25, 0.3) is 0 Å². The van der Waals surface area contributed by atoms with E-state index in [-0.39, 0.29) is 5.91 Å². The average Bonchev–Trinajstić information content (AvgIpc) is 2.84. The van der Waals surface area contributed by atoms with Gasteiger partial charge in [0.1, 0.15) is 5.82 Å². The Kier molecular flexibility index (Phi) is 4.42. The van der Waals surface area contributed by atoms with Gasteiger partial charge in [-0.25, -0.2) is 4.98 Å². The van der Waals surface area contributed by atoms with E-state index in [1.54, 1.807) is 0 Å². The van der Waals surface area contributed by atoms with E-state index < -0.39 is 0 Å². The van der Waals surface area contributed by atoms with Gasteiger partial charge in [0.15, 0.2) is 0 Å². The molecule has 1 aliphatic rings. The van der Waals surface area contributed by atoms with Crippen LogP contribution in [0, 0.1) is 5.92 Å². The molecule has 1 aliphatic heterocycles. The molecule has 2 aromatic rings. The third-order valence-electron chi connectivity index (χ3n) is 4.99. The summed E-state index contributed by atoms with van der Waals surface area (Å²) in [7, 11) is 2.06. The molecule has 23 heavy (non-hydrogen) atoms. The summed E-state index contributed by atoms with van der Waals surface area (Å²) in [5, 5.41) is 0. The van der Waals surface area contributed by atoms with Gasteiger partial charge in [-0.3, -0.25) is 4.79 Å². The van der Waals surface area contributed by atoms with E-state index in [9.17, 15) is 4.79 Å². The van der Waals surface area contributed by atoms with Gasteiger partial charge < -0.3 is 9.47 Å². The Morgan fingerprint density at radius 3 is 2.65 bits per heavy atom. The monoisotopic (exact) mass is 313 g/mol. The SMILES string of the molecule is CC1CCN(C(=O)Cc2ccc3c(c2)nc(C(C)C)n3C)CC1. The van der Waals surface area contributed by atoms with Crippen LogP contribution in [-0.2, 0) is 18.3 Å². The minimum absolute atomic E-state index is 0.247. The van der Waals surface area contributed by atoms with Crippen molar-refractivity contribution in [2.75, 3.05) is 13.1 Å². The molecule has 0 bridgehead atoms. The Labute approximate surface area is 138 Å². The molecule has 1 fully saturated rings. The highest BCUT2D eigenvalue weighted by Crippen LogP contribution is 2.22. The summed E-state index contributed by atoms with van der Waals surface area (Å²) >= 11 is 0. The van der Waals surface area contributed by atoms with Crippen molar-refractivity contribution in [1.29, 1.82) is 0 Å². The number of nitrogens with zero attached hydrogens (tertiary/aromatic N) is 3. The normalized spacial score (nSPS) is 16.5. The van der Waals surface area contributed by atoms with E-state index in [2.05, 4.69) is 50.6 Å². The van der Waals surface area contributed by atoms with Crippen LogP contribution < -0.4 is 0 Å². The van der Waals surface area contributed by atoms with Crippen LogP contribution in [0.5, 0.6) is 0 Å². The fourth-order valence-electron chi connectivity index (χ4n) is 3.43. The summed E-state index contributed by atoms with van der Waals surface area (Å²) in [6.07, 6.45) is 2.74. The second-order valence-electron chi connectivity index (χ2n) is 7.25. The lowest BCUT2D eigenvalue weighted by molar-refractivity contribution is -0.131. The summed E-state index contributed by atoms with van der Waals surface area (Å²) < 4.78 is 2.15. The fourth-order valence-corrected chi connectivity index (χ4v) is 3.43. The number of rotatable bonds is 3. The summed E-state index contributed by atoms with van der Waals surface area (Å²) in [5.74, 6) is 2.48. The lowest BCUT2D eigenvalue weighted by Crippen LogP contribution is -2.38. The maximum atomic E-state index is 12.5. The van der Waals surface area contributed by atoms with Crippen LogP contribution in [0.3, 0.4) is 0 Å². The topological polar surface area (TPSA) is 38.1 Å². The van der Waals surface area contributed by atoms with Crippen LogP contribution in [-0.4, -0.2) is 33.4 Å². The number of likely N-dealkylation sites (tertiary alicyclic amines) is 1. The number of imidazole rings is 1. The molecule has 0 unspecified atom stereocenters.